The summed E-state index contributed by atoms with van der Waals surface area (Å²) in [6, 6.07) is 14.7. The highest BCUT2D eigenvalue weighted by Crippen LogP contribution is 2.28. The smallest absolute Gasteiger partial charge is 0.197 e. The molecule has 6 heteroatoms. The molecule has 5 nitrogen and oxygen atoms in total. The van der Waals surface area contributed by atoms with Gasteiger partial charge in [0.1, 0.15) is 11.5 Å². The molecule has 0 spiro atoms. The number of carbonyl (C=O) groups is 1. The molecule has 0 fully saturated rings. The number of ether oxygens (including phenoxy) is 2. The molecule has 0 amide bonds. The average Bonchev–Trinajstić information content (AvgIpc) is 2.86. The summed E-state index contributed by atoms with van der Waals surface area (Å²) in [5, 5.41) is 0. The second-order valence-electron chi connectivity index (χ2n) is 8.73. The highest BCUT2D eigenvalue weighted by molar-refractivity contribution is 6.01. The van der Waals surface area contributed by atoms with Crippen LogP contribution in [0.3, 0.4) is 0 Å². The number of hydrogen-bond donors (Lipinski definition) is 2. The summed E-state index contributed by atoms with van der Waals surface area (Å²) in [5.74, 6) is 0.743. The van der Waals surface area contributed by atoms with Crippen molar-refractivity contribution in [2.45, 2.75) is 50.6 Å². The maximum absolute atomic E-state index is 15.0. The molecule has 2 aromatic carbocycles. The minimum Gasteiger partial charge on any atom is -0.494 e. The summed E-state index contributed by atoms with van der Waals surface area (Å²) < 4.78 is 26.4. The number of carbonyl (C=O) groups excluding carboxylic acids is 1. The molecular formula is C29H35FN2O3. The van der Waals surface area contributed by atoms with E-state index in [-0.39, 0.29) is 6.42 Å². The molecule has 186 valence electrons. The summed E-state index contributed by atoms with van der Waals surface area (Å²) >= 11 is 0. The first-order chi connectivity index (χ1) is 17.0. The first kappa shape index (κ1) is 26.1. The van der Waals surface area contributed by atoms with Crippen LogP contribution >= 0.6 is 0 Å². The van der Waals surface area contributed by atoms with Gasteiger partial charge in [0.2, 0.25) is 0 Å². The van der Waals surface area contributed by atoms with Crippen LogP contribution in [-0.2, 0) is 9.53 Å². The zero-order chi connectivity index (χ0) is 24.9. The lowest BCUT2D eigenvalue weighted by Crippen LogP contribution is -2.31. The van der Waals surface area contributed by atoms with Gasteiger partial charge in [0, 0.05) is 12.1 Å². The number of nitrogens with two attached hydrogens (primary N) is 2. The van der Waals surface area contributed by atoms with E-state index in [0.717, 1.165) is 44.1 Å². The third-order valence-electron chi connectivity index (χ3n) is 5.85. The number of alkyl halides is 1. The number of benzene rings is 2. The topological polar surface area (TPSA) is 87.6 Å². The van der Waals surface area contributed by atoms with Crippen molar-refractivity contribution < 1.29 is 18.7 Å². The molecule has 0 saturated heterocycles. The van der Waals surface area contributed by atoms with E-state index in [1.54, 1.807) is 36.4 Å². The maximum Gasteiger partial charge on any atom is 0.197 e. The van der Waals surface area contributed by atoms with Gasteiger partial charge in [-0.3, -0.25) is 4.79 Å². The standard InChI is InChI=1S/C29H35FN2O3/c30-29(28(33)15-12-23-10-6-5-7-11-23)18-16-25(17-19-29)34-20-8-3-1-2-4-9-21-35-27-14-13-24(31)22-26(27)32/h5-7,10-18,22H,1-4,8-9,19-21,31-32H2. The zero-order valence-electron chi connectivity index (χ0n) is 20.1. The third kappa shape index (κ3) is 8.63. The molecule has 1 aliphatic carbocycles. The predicted octanol–water partition coefficient (Wildman–Crippen LogP) is 6.42. The monoisotopic (exact) mass is 478 g/mol. The first-order valence-corrected chi connectivity index (χ1v) is 12.2. The van der Waals surface area contributed by atoms with Crippen LogP contribution in [0.5, 0.6) is 5.75 Å². The van der Waals surface area contributed by atoms with Crippen molar-refractivity contribution in [1.29, 1.82) is 0 Å². The Bertz CT molecular complexity index is 1050. The van der Waals surface area contributed by atoms with Gasteiger partial charge in [-0.1, -0.05) is 62.1 Å². The van der Waals surface area contributed by atoms with Gasteiger partial charge in [0.15, 0.2) is 11.5 Å². The number of nitrogen functional groups attached to an aromatic ring is 2. The van der Waals surface area contributed by atoms with Crippen molar-refractivity contribution in [3.05, 3.63) is 84.2 Å². The molecule has 0 aliphatic heterocycles. The number of anilines is 2. The van der Waals surface area contributed by atoms with Gasteiger partial charge in [-0.05, 0) is 60.9 Å². The molecule has 0 bridgehead atoms. The lowest BCUT2D eigenvalue weighted by Gasteiger charge is -2.21. The Balaban J connectivity index is 1.23. The maximum atomic E-state index is 15.0. The number of rotatable bonds is 14. The SMILES string of the molecule is Nc1ccc(OCCCCCCCCOC2=CCC(F)(C(=O)C=Cc3ccccc3)C=C2)c(N)c1. The van der Waals surface area contributed by atoms with E-state index >= 15 is 0 Å². The number of ketones is 1. The molecule has 35 heavy (non-hydrogen) atoms. The fourth-order valence-corrected chi connectivity index (χ4v) is 3.75. The van der Waals surface area contributed by atoms with Crippen LogP contribution in [0.2, 0.25) is 0 Å². The highest BCUT2D eigenvalue weighted by atomic mass is 19.1. The highest BCUT2D eigenvalue weighted by Gasteiger charge is 2.34. The van der Waals surface area contributed by atoms with Crippen LogP contribution in [-0.4, -0.2) is 24.7 Å². The summed E-state index contributed by atoms with van der Waals surface area (Å²) in [6.45, 7) is 1.22. The fraction of sp³-hybridized carbons (Fsp3) is 0.345. The van der Waals surface area contributed by atoms with Crippen molar-refractivity contribution in [3.63, 3.8) is 0 Å². The molecule has 0 saturated carbocycles. The molecule has 0 heterocycles. The van der Waals surface area contributed by atoms with Crippen molar-refractivity contribution in [2.75, 3.05) is 24.7 Å². The van der Waals surface area contributed by atoms with Gasteiger partial charge < -0.3 is 20.9 Å². The Morgan fingerprint density at radius 3 is 2.29 bits per heavy atom. The first-order valence-electron chi connectivity index (χ1n) is 12.2. The van der Waals surface area contributed by atoms with E-state index in [2.05, 4.69) is 0 Å². The molecule has 1 aliphatic rings. The number of halogens is 1. The molecular weight excluding hydrogens is 443 g/mol. The third-order valence-corrected chi connectivity index (χ3v) is 5.85. The fourth-order valence-electron chi connectivity index (χ4n) is 3.75. The van der Waals surface area contributed by atoms with Gasteiger partial charge in [0.05, 0.1) is 18.9 Å². The molecule has 4 N–H and O–H groups in total. The van der Waals surface area contributed by atoms with Gasteiger partial charge >= 0.3 is 0 Å². The Labute approximate surface area is 207 Å². The largest absolute Gasteiger partial charge is 0.494 e. The molecule has 1 atom stereocenters. The van der Waals surface area contributed by atoms with Crippen LogP contribution in [0.25, 0.3) is 6.08 Å². The van der Waals surface area contributed by atoms with E-state index in [0.29, 0.717) is 36.1 Å². The predicted molar refractivity (Wildman–Crippen MR) is 141 cm³/mol. The number of hydrogen-bond acceptors (Lipinski definition) is 5. The molecule has 3 rings (SSSR count). The molecule has 1 unspecified atom stereocenters. The van der Waals surface area contributed by atoms with Gasteiger partial charge in [-0.15, -0.1) is 0 Å². The van der Waals surface area contributed by atoms with Crippen LogP contribution in [0.1, 0.15) is 50.5 Å². The van der Waals surface area contributed by atoms with E-state index in [1.165, 1.54) is 12.2 Å². The molecule has 0 radical (unpaired) electrons. The van der Waals surface area contributed by atoms with Crippen molar-refractivity contribution >= 4 is 23.2 Å². The Kier molecular flexibility index (Phi) is 9.96. The minimum absolute atomic E-state index is 0.0130. The molecule has 2 aromatic rings. The quantitative estimate of drug-likeness (QED) is 0.186. The normalized spacial score (nSPS) is 17.3. The van der Waals surface area contributed by atoms with Gasteiger partial charge in [-0.25, -0.2) is 4.39 Å². The summed E-state index contributed by atoms with van der Waals surface area (Å²) in [4.78, 5) is 12.3. The minimum atomic E-state index is -2.01. The Hall–Kier alpha value is -3.54. The van der Waals surface area contributed by atoms with E-state index in [1.807, 2.05) is 30.3 Å². The number of unbranched alkanes of at least 4 members (excludes halogenated alkanes) is 5. The van der Waals surface area contributed by atoms with E-state index in [9.17, 15) is 9.18 Å². The zero-order valence-corrected chi connectivity index (χ0v) is 20.1. The average molecular weight is 479 g/mol. The van der Waals surface area contributed by atoms with Gasteiger partial charge in [-0.2, -0.15) is 0 Å². The summed E-state index contributed by atoms with van der Waals surface area (Å²) in [7, 11) is 0. The number of allylic oxidation sites excluding steroid dienone is 4. The second-order valence-corrected chi connectivity index (χ2v) is 8.73. The summed E-state index contributed by atoms with van der Waals surface area (Å²) in [5.41, 5.74) is 11.6. The lowest BCUT2D eigenvalue weighted by atomic mass is 9.91. The Morgan fingerprint density at radius 1 is 0.943 bits per heavy atom. The van der Waals surface area contributed by atoms with Crippen molar-refractivity contribution in [2.24, 2.45) is 0 Å². The second kappa shape index (κ2) is 13.4. The van der Waals surface area contributed by atoms with Crippen LogP contribution < -0.4 is 16.2 Å². The lowest BCUT2D eigenvalue weighted by molar-refractivity contribution is -0.122. The van der Waals surface area contributed by atoms with E-state index < -0.39 is 11.5 Å². The van der Waals surface area contributed by atoms with Crippen molar-refractivity contribution in [1.82, 2.24) is 0 Å². The van der Waals surface area contributed by atoms with Crippen LogP contribution in [0.15, 0.2) is 78.6 Å². The van der Waals surface area contributed by atoms with Crippen LogP contribution in [0.4, 0.5) is 15.8 Å². The molecule has 0 aromatic heterocycles. The van der Waals surface area contributed by atoms with Crippen LogP contribution in [0, 0.1) is 0 Å². The Morgan fingerprint density at radius 2 is 1.63 bits per heavy atom. The van der Waals surface area contributed by atoms with Gasteiger partial charge in [0.25, 0.3) is 0 Å². The summed E-state index contributed by atoms with van der Waals surface area (Å²) in [6.07, 6.45) is 13.8. The van der Waals surface area contributed by atoms with E-state index in [4.69, 9.17) is 20.9 Å². The van der Waals surface area contributed by atoms with Crippen molar-refractivity contribution in [3.8, 4) is 5.75 Å².